The second-order valence-corrected chi connectivity index (χ2v) is 9.88. The summed E-state index contributed by atoms with van der Waals surface area (Å²) in [5.41, 5.74) is 3.30. The molecule has 2 N–H and O–H groups in total. The zero-order valence-electron chi connectivity index (χ0n) is 19.7. The number of para-hydroxylation sites is 1. The average Bonchev–Trinajstić information content (AvgIpc) is 2.93. The van der Waals surface area contributed by atoms with Gasteiger partial charge in [0.15, 0.2) is 5.78 Å². The summed E-state index contributed by atoms with van der Waals surface area (Å²) in [6, 6.07) is 8.63. The van der Waals surface area contributed by atoms with Gasteiger partial charge >= 0.3 is 0 Å². The molecule has 1 fully saturated rings. The maximum atomic E-state index is 13.1. The lowest BCUT2D eigenvalue weighted by Crippen LogP contribution is -2.45. The van der Waals surface area contributed by atoms with Crippen LogP contribution < -0.4 is 10.6 Å². The molecule has 0 bridgehead atoms. The molecule has 1 saturated carbocycles. The minimum atomic E-state index is -0.633. The molecular weight excluding hydrogens is 400 g/mol. The third kappa shape index (κ3) is 5.56. The number of fused-ring (bicyclic) bond motifs is 1. The second kappa shape index (κ2) is 10.3. The van der Waals surface area contributed by atoms with Crippen molar-refractivity contribution in [3.05, 3.63) is 53.6 Å². The number of benzene rings is 1. The highest BCUT2D eigenvalue weighted by Crippen LogP contribution is 2.45. The van der Waals surface area contributed by atoms with Gasteiger partial charge in [0.2, 0.25) is 11.8 Å². The molecule has 0 aromatic heterocycles. The molecule has 4 atom stereocenters. The highest BCUT2D eigenvalue weighted by molar-refractivity contribution is 6.01. The predicted octanol–water partition coefficient (Wildman–Crippen LogP) is 5.05. The molecule has 32 heavy (non-hydrogen) atoms. The quantitative estimate of drug-likeness (QED) is 0.587. The van der Waals surface area contributed by atoms with Crippen molar-refractivity contribution in [3.63, 3.8) is 0 Å². The second-order valence-electron chi connectivity index (χ2n) is 9.88. The Morgan fingerprint density at radius 1 is 1.12 bits per heavy atom. The van der Waals surface area contributed by atoms with Gasteiger partial charge in [0.05, 0.1) is 0 Å². The average molecular weight is 437 g/mol. The summed E-state index contributed by atoms with van der Waals surface area (Å²) >= 11 is 0. The lowest BCUT2D eigenvalue weighted by Gasteiger charge is -2.23. The summed E-state index contributed by atoms with van der Waals surface area (Å²) in [5.74, 6) is 0.716. The normalized spacial score (nSPS) is 24.0. The lowest BCUT2D eigenvalue weighted by atomic mass is 9.86. The van der Waals surface area contributed by atoms with E-state index >= 15 is 0 Å². The fraction of sp³-hybridized carbons (Fsp3) is 0.519. The van der Waals surface area contributed by atoms with Crippen LogP contribution >= 0.6 is 0 Å². The van der Waals surface area contributed by atoms with Crippen molar-refractivity contribution in [2.75, 3.05) is 5.32 Å². The Balaban J connectivity index is 1.70. The molecule has 172 valence electrons. The van der Waals surface area contributed by atoms with Crippen LogP contribution in [0.2, 0.25) is 0 Å². The third-order valence-electron chi connectivity index (χ3n) is 7.03. The third-order valence-corrected chi connectivity index (χ3v) is 7.03. The fourth-order valence-corrected chi connectivity index (χ4v) is 5.00. The van der Waals surface area contributed by atoms with Crippen LogP contribution in [-0.4, -0.2) is 23.6 Å². The van der Waals surface area contributed by atoms with E-state index in [1.165, 1.54) is 5.57 Å². The van der Waals surface area contributed by atoms with Gasteiger partial charge in [-0.2, -0.15) is 0 Å². The topological polar surface area (TPSA) is 75.3 Å². The SMILES string of the molecule is C=C(C(=O)N[C@H](CC(C)C)C(=O)Nc1ccccc1)[C@H]1CCC(C)C2CC(=O)C(C)=C2C1. The molecular formula is C27H36N2O3. The van der Waals surface area contributed by atoms with Gasteiger partial charge in [0, 0.05) is 17.7 Å². The van der Waals surface area contributed by atoms with Crippen LogP contribution in [0.15, 0.2) is 53.6 Å². The standard InChI is InChI=1S/C27H36N2O3/c1-16(2)13-24(27(32)28-21-9-7-6-8-10-21)29-26(31)18(4)20-12-11-17(3)22-15-25(30)19(5)23(22)14-20/h6-10,16-17,20,22,24H,4,11-15H2,1-3,5H3,(H,28,32)(H,29,31)/t17?,20-,22?,24+/m0/s1. The number of carbonyl (C=O) groups is 3. The van der Waals surface area contributed by atoms with Crippen LogP contribution in [-0.2, 0) is 14.4 Å². The van der Waals surface area contributed by atoms with E-state index in [2.05, 4.69) is 24.1 Å². The minimum absolute atomic E-state index is 0.00446. The number of hydrogen-bond donors (Lipinski definition) is 2. The van der Waals surface area contributed by atoms with E-state index in [0.29, 0.717) is 42.4 Å². The van der Waals surface area contributed by atoms with Crippen molar-refractivity contribution in [2.24, 2.45) is 23.7 Å². The zero-order valence-corrected chi connectivity index (χ0v) is 19.7. The van der Waals surface area contributed by atoms with Gasteiger partial charge in [0.1, 0.15) is 6.04 Å². The summed E-state index contributed by atoms with van der Waals surface area (Å²) < 4.78 is 0. The molecule has 0 spiro atoms. The van der Waals surface area contributed by atoms with Crippen LogP contribution in [0.1, 0.15) is 59.8 Å². The summed E-state index contributed by atoms with van der Waals surface area (Å²) in [4.78, 5) is 38.3. The van der Waals surface area contributed by atoms with Crippen molar-refractivity contribution in [1.82, 2.24) is 5.32 Å². The maximum absolute atomic E-state index is 13.1. The first kappa shape index (κ1) is 24.0. The Bertz CT molecular complexity index is 916. The molecule has 0 saturated heterocycles. The smallest absolute Gasteiger partial charge is 0.247 e. The first-order chi connectivity index (χ1) is 15.2. The molecule has 1 aromatic rings. The van der Waals surface area contributed by atoms with E-state index in [4.69, 9.17) is 0 Å². The largest absolute Gasteiger partial charge is 0.341 e. The van der Waals surface area contributed by atoms with Gasteiger partial charge in [-0.3, -0.25) is 14.4 Å². The fourth-order valence-electron chi connectivity index (χ4n) is 5.00. The summed E-state index contributed by atoms with van der Waals surface area (Å²) in [7, 11) is 0. The zero-order chi connectivity index (χ0) is 23.4. The Labute approximate surface area is 191 Å². The van der Waals surface area contributed by atoms with E-state index in [-0.39, 0.29) is 29.4 Å². The number of ketones is 1. The highest BCUT2D eigenvalue weighted by Gasteiger charge is 2.38. The minimum Gasteiger partial charge on any atom is -0.341 e. The van der Waals surface area contributed by atoms with Crippen molar-refractivity contribution in [2.45, 2.75) is 65.8 Å². The summed E-state index contributed by atoms with van der Waals surface area (Å²) in [6.45, 7) is 12.3. The number of Topliss-reactive ketones (excluding diaryl/α,β-unsaturated/α-hetero) is 1. The van der Waals surface area contributed by atoms with Gasteiger partial charge < -0.3 is 10.6 Å². The van der Waals surface area contributed by atoms with Gasteiger partial charge in [-0.05, 0) is 74.0 Å². The highest BCUT2D eigenvalue weighted by atomic mass is 16.2. The van der Waals surface area contributed by atoms with Crippen LogP contribution in [0.5, 0.6) is 0 Å². The Kier molecular flexibility index (Phi) is 7.70. The van der Waals surface area contributed by atoms with Crippen molar-refractivity contribution >= 4 is 23.3 Å². The van der Waals surface area contributed by atoms with Gasteiger partial charge in [-0.25, -0.2) is 0 Å². The van der Waals surface area contributed by atoms with E-state index in [1.54, 1.807) is 0 Å². The number of anilines is 1. The van der Waals surface area contributed by atoms with Crippen LogP contribution in [0.25, 0.3) is 0 Å². The molecule has 2 unspecified atom stereocenters. The number of amides is 2. The molecule has 0 aliphatic heterocycles. The molecule has 3 rings (SSSR count). The van der Waals surface area contributed by atoms with Crippen molar-refractivity contribution in [3.8, 4) is 0 Å². The monoisotopic (exact) mass is 436 g/mol. The van der Waals surface area contributed by atoms with Crippen LogP contribution in [0.4, 0.5) is 5.69 Å². The van der Waals surface area contributed by atoms with Gasteiger partial charge in [0.25, 0.3) is 0 Å². The Hall–Kier alpha value is -2.69. The first-order valence-corrected chi connectivity index (χ1v) is 11.8. The lowest BCUT2D eigenvalue weighted by molar-refractivity contribution is -0.125. The van der Waals surface area contributed by atoms with Gasteiger partial charge in [-0.15, -0.1) is 0 Å². The molecule has 2 aliphatic carbocycles. The Morgan fingerprint density at radius 2 is 1.81 bits per heavy atom. The Morgan fingerprint density at radius 3 is 2.47 bits per heavy atom. The number of carbonyl (C=O) groups excluding carboxylic acids is 3. The van der Waals surface area contributed by atoms with E-state index in [1.807, 2.05) is 51.1 Å². The molecule has 0 radical (unpaired) electrons. The van der Waals surface area contributed by atoms with Crippen LogP contribution in [0, 0.1) is 23.7 Å². The number of allylic oxidation sites excluding steroid dienone is 2. The summed E-state index contributed by atoms with van der Waals surface area (Å²) in [5, 5.41) is 5.84. The molecule has 1 aromatic carbocycles. The van der Waals surface area contributed by atoms with E-state index < -0.39 is 6.04 Å². The molecule has 2 aliphatic rings. The molecule has 5 heteroatoms. The van der Waals surface area contributed by atoms with Crippen LogP contribution in [0.3, 0.4) is 0 Å². The first-order valence-electron chi connectivity index (χ1n) is 11.8. The van der Waals surface area contributed by atoms with Crippen molar-refractivity contribution in [1.29, 1.82) is 0 Å². The molecule has 5 nitrogen and oxygen atoms in total. The maximum Gasteiger partial charge on any atom is 0.247 e. The molecule has 0 heterocycles. The number of rotatable bonds is 7. The van der Waals surface area contributed by atoms with E-state index in [0.717, 1.165) is 18.4 Å². The number of hydrogen-bond acceptors (Lipinski definition) is 3. The molecule has 2 amide bonds. The van der Waals surface area contributed by atoms with Crippen molar-refractivity contribution < 1.29 is 14.4 Å². The number of nitrogens with one attached hydrogen (secondary N) is 2. The van der Waals surface area contributed by atoms with E-state index in [9.17, 15) is 14.4 Å². The van der Waals surface area contributed by atoms with Gasteiger partial charge in [-0.1, -0.05) is 51.1 Å². The predicted molar refractivity (Wildman–Crippen MR) is 128 cm³/mol. The summed E-state index contributed by atoms with van der Waals surface area (Å²) in [6.07, 6.45) is 3.70.